The summed E-state index contributed by atoms with van der Waals surface area (Å²) in [6.45, 7) is 3.73. The van der Waals surface area contributed by atoms with Gasteiger partial charge in [-0.2, -0.15) is 5.10 Å². The molecule has 1 amide bonds. The van der Waals surface area contributed by atoms with E-state index in [1.165, 1.54) is 17.0 Å². The fourth-order valence-electron chi connectivity index (χ4n) is 3.94. The number of benzene rings is 1. The van der Waals surface area contributed by atoms with Crippen molar-refractivity contribution in [1.82, 2.24) is 24.1 Å². The van der Waals surface area contributed by atoms with Crippen LogP contribution in [-0.4, -0.2) is 36.0 Å². The van der Waals surface area contributed by atoms with Gasteiger partial charge in [0.2, 0.25) is 0 Å². The zero-order chi connectivity index (χ0) is 22.6. The molecule has 0 bridgehead atoms. The number of aromatic nitrogens is 5. The van der Waals surface area contributed by atoms with Crippen molar-refractivity contribution in [2.75, 3.05) is 0 Å². The van der Waals surface area contributed by atoms with Crippen molar-refractivity contribution in [3.05, 3.63) is 65.7 Å². The van der Waals surface area contributed by atoms with E-state index in [4.69, 9.17) is 17.3 Å². The van der Waals surface area contributed by atoms with E-state index < -0.39 is 17.9 Å². The molecule has 3 heterocycles. The number of rotatable bonds is 5. The van der Waals surface area contributed by atoms with Gasteiger partial charge in [0, 0.05) is 29.5 Å². The number of carbonyl (C=O) groups is 1. The van der Waals surface area contributed by atoms with E-state index in [9.17, 15) is 13.6 Å². The van der Waals surface area contributed by atoms with Gasteiger partial charge in [0.05, 0.1) is 23.9 Å². The Kier molecular flexibility index (Phi) is 4.59. The number of halogens is 3. The Bertz CT molecular complexity index is 1380. The van der Waals surface area contributed by atoms with E-state index in [0.717, 1.165) is 5.56 Å². The Hall–Kier alpha value is -3.59. The van der Waals surface area contributed by atoms with Crippen molar-refractivity contribution >= 4 is 29.2 Å². The van der Waals surface area contributed by atoms with Gasteiger partial charge < -0.3 is 10.3 Å². The van der Waals surface area contributed by atoms with Crippen LogP contribution >= 0.6 is 11.6 Å². The van der Waals surface area contributed by atoms with E-state index in [2.05, 4.69) is 21.6 Å². The first-order valence-corrected chi connectivity index (χ1v) is 10.2. The van der Waals surface area contributed by atoms with Gasteiger partial charge >= 0.3 is 0 Å². The second-order valence-corrected chi connectivity index (χ2v) is 8.11. The first kappa shape index (κ1) is 20.3. The van der Waals surface area contributed by atoms with E-state index in [1.807, 2.05) is 12.1 Å². The summed E-state index contributed by atoms with van der Waals surface area (Å²) in [5, 5.41) is 5.02. The summed E-state index contributed by atoms with van der Waals surface area (Å²) >= 11 is 6.36. The average molecular weight is 455 g/mol. The van der Waals surface area contributed by atoms with E-state index >= 15 is 0 Å². The van der Waals surface area contributed by atoms with Crippen LogP contribution in [-0.2, 0) is 0 Å². The largest absolute Gasteiger partial charge is 0.364 e. The number of imidazole rings is 2. The highest BCUT2D eigenvalue weighted by Gasteiger charge is 2.47. The molecule has 32 heavy (non-hydrogen) atoms. The van der Waals surface area contributed by atoms with Gasteiger partial charge in [0.1, 0.15) is 11.4 Å². The second-order valence-electron chi connectivity index (χ2n) is 7.70. The minimum atomic E-state index is -2.71. The normalized spacial score (nSPS) is 15.6. The third kappa shape index (κ3) is 3.25. The fraction of sp³-hybridized carbons (Fsp3) is 0.182. The van der Waals surface area contributed by atoms with E-state index in [0.29, 0.717) is 33.3 Å². The third-order valence-electron chi connectivity index (χ3n) is 5.61. The Balaban J connectivity index is 1.70. The van der Waals surface area contributed by atoms with Crippen LogP contribution in [0.5, 0.6) is 0 Å². The van der Waals surface area contributed by atoms with Crippen molar-refractivity contribution in [1.29, 1.82) is 0 Å². The topological polar surface area (TPSA) is 91.1 Å². The summed E-state index contributed by atoms with van der Waals surface area (Å²) in [6.07, 6.45) is 3.95. The number of alkyl halides is 2. The Labute approximate surface area is 186 Å². The molecule has 2 N–H and O–H groups in total. The first-order valence-electron chi connectivity index (χ1n) is 9.79. The molecule has 1 aliphatic carbocycles. The number of nitrogens with two attached hydrogens (primary N) is 1. The Morgan fingerprint density at radius 2 is 2.03 bits per heavy atom. The molecule has 7 nitrogen and oxygen atoms in total. The lowest BCUT2D eigenvalue weighted by atomic mass is 9.87. The lowest BCUT2D eigenvalue weighted by molar-refractivity contribution is -0.103. The molecule has 10 heteroatoms. The third-order valence-corrected chi connectivity index (χ3v) is 5.93. The van der Waals surface area contributed by atoms with Gasteiger partial charge in [0.25, 0.3) is 11.8 Å². The monoisotopic (exact) mass is 454 g/mol. The molecule has 5 rings (SSSR count). The van der Waals surface area contributed by atoms with Gasteiger partial charge in [0.15, 0.2) is 5.65 Å². The summed E-state index contributed by atoms with van der Waals surface area (Å²) in [4.78, 5) is 20.4. The van der Waals surface area contributed by atoms with Gasteiger partial charge in [-0.15, -0.1) is 0 Å². The number of carbonyl (C=O) groups excluding carboxylic acids is 1. The molecule has 0 spiro atoms. The number of fused-ring (bicyclic) bond motifs is 1. The van der Waals surface area contributed by atoms with Crippen molar-refractivity contribution < 1.29 is 13.6 Å². The zero-order valence-electron chi connectivity index (χ0n) is 16.7. The smallest absolute Gasteiger partial charge is 0.269 e. The fourth-order valence-corrected chi connectivity index (χ4v) is 4.19. The molecule has 4 aromatic rings. The molecule has 1 aromatic carbocycles. The van der Waals surface area contributed by atoms with Gasteiger partial charge in [-0.3, -0.25) is 4.79 Å². The molecule has 0 radical (unpaired) electrons. The van der Waals surface area contributed by atoms with Crippen LogP contribution in [0.4, 0.5) is 8.78 Å². The summed E-state index contributed by atoms with van der Waals surface area (Å²) in [7, 11) is 0. The number of primary amides is 1. The van der Waals surface area contributed by atoms with E-state index in [1.54, 1.807) is 28.8 Å². The summed E-state index contributed by atoms with van der Waals surface area (Å²) < 4.78 is 30.3. The lowest BCUT2D eigenvalue weighted by Crippen LogP contribution is -2.37. The molecule has 0 saturated heterocycles. The molecular formula is C22H17ClF2N6O. The Morgan fingerprint density at radius 3 is 2.69 bits per heavy atom. The highest BCUT2D eigenvalue weighted by molar-refractivity contribution is 6.32. The predicted octanol–water partition coefficient (Wildman–Crippen LogP) is 4.63. The molecule has 0 atom stereocenters. The van der Waals surface area contributed by atoms with Crippen LogP contribution in [0.25, 0.3) is 34.4 Å². The first-order chi connectivity index (χ1) is 15.3. The van der Waals surface area contributed by atoms with Gasteiger partial charge in [-0.05, 0) is 23.8 Å². The number of nitrogens with zero attached hydrogens (tertiary/aromatic N) is 5. The van der Waals surface area contributed by atoms with Crippen molar-refractivity contribution in [3.63, 3.8) is 0 Å². The zero-order valence-corrected chi connectivity index (χ0v) is 17.4. The molecule has 3 aromatic heterocycles. The quantitative estimate of drug-likeness (QED) is 0.476. The van der Waals surface area contributed by atoms with Crippen LogP contribution in [0.3, 0.4) is 0 Å². The van der Waals surface area contributed by atoms with Crippen molar-refractivity contribution in [3.8, 4) is 22.6 Å². The number of amides is 1. The van der Waals surface area contributed by atoms with Crippen LogP contribution in [0.15, 0.2) is 49.4 Å². The summed E-state index contributed by atoms with van der Waals surface area (Å²) in [5.41, 5.74) is 8.95. The van der Waals surface area contributed by atoms with E-state index in [-0.39, 0.29) is 18.5 Å². The van der Waals surface area contributed by atoms with Crippen LogP contribution in [0.2, 0.25) is 5.02 Å². The van der Waals surface area contributed by atoms with Crippen molar-refractivity contribution in [2.24, 2.45) is 5.73 Å². The maximum Gasteiger partial charge on any atom is 0.269 e. The minimum absolute atomic E-state index is 0.114. The molecule has 1 aliphatic rings. The van der Waals surface area contributed by atoms with Gasteiger partial charge in [-0.1, -0.05) is 36.4 Å². The highest BCUT2D eigenvalue weighted by Crippen LogP contribution is 2.48. The molecule has 1 fully saturated rings. The number of hydrogen-bond donors (Lipinski definition) is 1. The SMILES string of the molecule is C=Cc1ccc(-c2ncn(C3CC(F)(F)C3)c2-c2ccc3ncc(C(N)=O)n3n2)cc1Cl. The molecule has 0 unspecified atom stereocenters. The molecule has 162 valence electrons. The molecule has 0 aliphatic heterocycles. The average Bonchev–Trinajstić information content (AvgIpc) is 3.35. The summed E-state index contributed by atoms with van der Waals surface area (Å²) in [6, 6.07) is 8.34. The van der Waals surface area contributed by atoms with Crippen LogP contribution in [0, 0.1) is 0 Å². The van der Waals surface area contributed by atoms with Crippen LogP contribution < -0.4 is 5.73 Å². The summed E-state index contributed by atoms with van der Waals surface area (Å²) in [5.74, 6) is -3.39. The predicted molar refractivity (Wildman–Crippen MR) is 116 cm³/mol. The Morgan fingerprint density at radius 1 is 1.25 bits per heavy atom. The minimum Gasteiger partial charge on any atom is -0.364 e. The standard InChI is InChI=1S/C22H17ClF2N6O/c1-2-12-3-4-13(7-15(12)23)19-20(30(11-28-19)14-8-22(24,25)9-14)16-5-6-18-27-10-17(21(26)32)31(18)29-16/h2-7,10-11,14H,1,8-9H2,(H2,26,32). The van der Waals surface area contributed by atoms with Crippen molar-refractivity contribution in [2.45, 2.75) is 24.8 Å². The maximum absolute atomic E-state index is 13.6. The second kappa shape index (κ2) is 7.23. The molecule has 1 saturated carbocycles. The number of hydrogen-bond acceptors (Lipinski definition) is 4. The van der Waals surface area contributed by atoms with Gasteiger partial charge in [-0.25, -0.2) is 23.3 Å². The van der Waals surface area contributed by atoms with Crippen LogP contribution in [0.1, 0.15) is 34.9 Å². The lowest BCUT2D eigenvalue weighted by Gasteiger charge is -2.36. The highest BCUT2D eigenvalue weighted by atomic mass is 35.5. The maximum atomic E-state index is 13.6. The molecular weight excluding hydrogens is 438 g/mol.